The van der Waals surface area contributed by atoms with Crippen molar-refractivity contribution in [1.82, 2.24) is 0 Å². The number of hydrogen-bond acceptors (Lipinski definition) is 5. The Morgan fingerprint density at radius 2 is 2.09 bits per heavy atom. The number of carbonyl (C=O) groups is 1. The summed E-state index contributed by atoms with van der Waals surface area (Å²) in [6, 6.07) is 9.96. The van der Waals surface area contributed by atoms with Gasteiger partial charge in [0.05, 0.1) is 44.6 Å². The Kier molecular flexibility index (Phi) is 7.02. The molecule has 0 aliphatic carbocycles. The standard InChI is InChI=1S/C18H26O5/c1-3-21-18(20)10-17-13(2)16(9-15(11-19)23-17)22-12-14-7-5-4-6-8-14/h4-8,13,15-17,19H,3,9-12H2,1-2H3/t13-,15-,16-,17-/m0/s1. The molecule has 0 amide bonds. The van der Waals surface area contributed by atoms with Crippen LogP contribution in [-0.2, 0) is 25.6 Å². The van der Waals surface area contributed by atoms with Gasteiger partial charge in [0, 0.05) is 12.3 Å². The number of benzene rings is 1. The molecule has 1 N–H and O–H groups in total. The predicted octanol–water partition coefficient (Wildman–Crippen LogP) is 2.31. The second-order valence-corrected chi connectivity index (χ2v) is 5.92. The van der Waals surface area contributed by atoms with Crippen LogP contribution in [0.25, 0.3) is 0 Å². The molecule has 0 radical (unpaired) electrons. The summed E-state index contributed by atoms with van der Waals surface area (Å²) < 4.78 is 16.9. The Hall–Kier alpha value is -1.43. The molecule has 1 aromatic carbocycles. The van der Waals surface area contributed by atoms with Gasteiger partial charge in [0.25, 0.3) is 0 Å². The number of ether oxygens (including phenoxy) is 3. The largest absolute Gasteiger partial charge is 0.466 e. The molecule has 1 aromatic rings. The second kappa shape index (κ2) is 9.01. The van der Waals surface area contributed by atoms with Crippen molar-refractivity contribution in [3.8, 4) is 0 Å². The van der Waals surface area contributed by atoms with Crippen molar-refractivity contribution in [1.29, 1.82) is 0 Å². The van der Waals surface area contributed by atoms with Gasteiger partial charge in [-0.05, 0) is 12.5 Å². The number of hydrogen-bond donors (Lipinski definition) is 1. The molecular weight excluding hydrogens is 296 g/mol. The Morgan fingerprint density at radius 1 is 1.35 bits per heavy atom. The van der Waals surface area contributed by atoms with Gasteiger partial charge in [-0.15, -0.1) is 0 Å². The van der Waals surface area contributed by atoms with Gasteiger partial charge < -0.3 is 19.3 Å². The molecule has 1 fully saturated rings. The lowest BCUT2D eigenvalue weighted by molar-refractivity contribution is -0.175. The summed E-state index contributed by atoms with van der Waals surface area (Å²) in [7, 11) is 0. The van der Waals surface area contributed by atoms with E-state index in [4.69, 9.17) is 14.2 Å². The highest BCUT2D eigenvalue weighted by Gasteiger charge is 2.37. The monoisotopic (exact) mass is 322 g/mol. The molecule has 128 valence electrons. The molecule has 1 heterocycles. The van der Waals surface area contributed by atoms with E-state index in [9.17, 15) is 9.90 Å². The van der Waals surface area contributed by atoms with E-state index in [-0.39, 0.29) is 43.2 Å². The zero-order valence-electron chi connectivity index (χ0n) is 13.8. The summed E-state index contributed by atoms with van der Waals surface area (Å²) in [6.07, 6.45) is 0.174. The summed E-state index contributed by atoms with van der Waals surface area (Å²) in [4.78, 5) is 11.7. The molecule has 2 rings (SSSR count). The fourth-order valence-corrected chi connectivity index (χ4v) is 2.87. The number of carbonyl (C=O) groups excluding carboxylic acids is 1. The molecule has 0 spiro atoms. The summed E-state index contributed by atoms with van der Waals surface area (Å²) in [5, 5.41) is 9.44. The van der Waals surface area contributed by atoms with Crippen molar-refractivity contribution in [2.75, 3.05) is 13.2 Å². The Bertz CT molecular complexity index is 476. The lowest BCUT2D eigenvalue weighted by Crippen LogP contribution is -2.46. The maximum absolute atomic E-state index is 11.7. The molecule has 5 heteroatoms. The molecule has 23 heavy (non-hydrogen) atoms. The highest BCUT2D eigenvalue weighted by molar-refractivity contribution is 5.70. The highest BCUT2D eigenvalue weighted by atomic mass is 16.5. The molecule has 4 atom stereocenters. The van der Waals surface area contributed by atoms with Crippen LogP contribution in [-0.4, -0.2) is 42.6 Å². The molecule has 0 aromatic heterocycles. The smallest absolute Gasteiger partial charge is 0.308 e. The van der Waals surface area contributed by atoms with Gasteiger partial charge >= 0.3 is 5.97 Å². The van der Waals surface area contributed by atoms with Crippen molar-refractivity contribution in [3.05, 3.63) is 35.9 Å². The van der Waals surface area contributed by atoms with E-state index in [1.165, 1.54) is 0 Å². The highest BCUT2D eigenvalue weighted by Crippen LogP contribution is 2.30. The number of aliphatic hydroxyl groups is 1. The van der Waals surface area contributed by atoms with Crippen molar-refractivity contribution in [3.63, 3.8) is 0 Å². The second-order valence-electron chi connectivity index (χ2n) is 5.92. The van der Waals surface area contributed by atoms with Crippen molar-refractivity contribution in [2.45, 2.75) is 51.6 Å². The topological polar surface area (TPSA) is 65.0 Å². The molecule has 1 saturated heterocycles. The van der Waals surface area contributed by atoms with E-state index in [1.54, 1.807) is 6.92 Å². The summed E-state index contributed by atoms with van der Waals surface area (Å²) in [6.45, 7) is 4.60. The minimum Gasteiger partial charge on any atom is -0.466 e. The third-order valence-corrected chi connectivity index (χ3v) is 4.22. The third kappa shape index (κ3) is 5.30. The van der Waals surface area contributed by atoms with E-state index < -0.39 is 0 Å². The van der Waals surface area contributed by atoms with Gasteiger partial charge in [0.1, 0.15) is 0 Å². The summed E-state index contributed by atoms with van der Waals surface area (Å²) >= 11 is 0. The molecule has 0 unspecified atom stereocenters. The van der Waals surface area contributed by atoms with Crippen LogP contribution < -0.4 is 0 Å². The molecule has 1 aliphatic heterocycles. The normalized spacial score (nSPS) is 27.6. The average Bonchev–Trinajstić information content (AvgIpc) is 2.56. The van der Waals surface area contributed by atoms with Crippen LogP contribution in [0.1, 0.15) is 32.3 Å². The fourth-order valence-electron chi connectivity index (χ4n) is 2.87. The summed E-state index contributed by atoms with van der Waals surface area (Å²) in [5.74, 6) is -0.212. The molecule has 1 aliphatic rings. The van der Waals surface area contributed by atoms with Gasteiger partial charge in [-0.1, -0.05) is 37.3 Å². The van der Waals surface area contributed by atoms with E-state index in [2.05, 4.69) is 0 Å². The first-order valence-electron chi connectivity index (χ1n) is 8.21. The quantitative estimate of drug-likeness (QED) is 0.781. The van der Waals surface area contributed by atoms with Crippen LogP contribution in [0.4, 0.5) is 0 Å². The van der Waals surface area contributed by atoms with Crippen LogP contribution in [0.3, 0.4) is 0 Å². The summed E-state index contributed by atoms with van der Waals surface area (Å²) in [5.41, 5.74) is 1.11. The van der Waals surface area contributed by atoms with Crippen LogP contribution in [0.2, 0.25) is 0 Å². The lowest BCUT2D eigenvalue weighted by Gasteiger charge is -2.39. The maximum atomic E-state index is 11.7. The molecule has 0 saturated carbocycles. The lowest BCUT2D eigenvalue weighted by atomic mass is 9.88. The number of aliphatic hydroxyl groups excluding tert-OH is 1. The van der Waals surface area contributed by atoms with Crippen molar-refractivity contribution >= 4 is 5.97 Å². The van der Waals surface area contributed by atoms with Crippen LogP contribution >= 0.6 is 0 Å². The SMILES string of the molecule is CCOC(=O)C[C@@H]1O[C@H](CO)C[C@H](OCc2ccccc2)[C@@H]1C. The first-order chi connectivity index (χ1) is 11.1. The third-order valence-electron chi connectivity index (χ3n) is 4.22. The minimum atomic E-state index is -0.300. The minimum absolute atomic E-state index is 0.0551. The van der Waals surface area contributed by atoms with Crippen LogP contribution in [0, 0.1) is 5.92 Å². The number of esters is 1. The fraction of sp³-hybridized carbons (Fsp3) is 0.611. The van der Waals surface area contributed by atoms with E-state index >= 15 is 0 Å². The molecular formula is C18H26O5. The molecule has 0 bridgehead atoms. The van der Waals surface area contributed by atoms with E-state index in [0.29, 0.717) is 19.6 Å². The average molecular weight is 322 g/mol. The number of rotatable bonds is 7. The first kappa shape index (κ1) is 17.9. The Balaban J connectivity index is 1.95. The molecule has 5 nitrogen and oxygen atoms in total. The Labute approximate surface area is 137 Å². The predicted molar refractivity (Wildman–Crippen MR) is 85.8 cm³/mol. The van der Waals surface area contributed by atoms with E-state index in [0.717, 1.165) is 5.56 Å². The van der Waals surface area contributed by atoms with Crippen LogP contribution in [0.15, 0.2) is 30.3 Å². The Morgan fingerprint density at radius 3 is 2.74 bits per heavy atom. The van der Waals surface area contributed by atoms with Gasteiger partial charge in [-0.3, -0.25) is 4.79 Å². The van der Waals surface area contributed by atoms with E-state index in [1.807, 2.05) is 37.3 Å². The zero-order valence-corrected chi connectivity index (χ0v) is 13.8. The van der Waals surface area contributed by atoms with Gasteiger partial charge in [-0.2, -0.15) is 0 Å². The van der Waals surface area contributed by atoms with Crippen molar-refractivity contribution < 1.29 is 24.1 Å². The van der Waals surface area contributed by atoms with Gasteiger partial charge in [0.15, 0.2) is 0 Å². The maximum Gasteiger partial charge on any atom is 0.308 e. The zero-order chi connectivity index (χ0) is 16.7. The first-order valence-corrected chi connectivity index (χ1v) is 8.21. The van der Waals surface area contributed by atoms with Gasteiger partial charge in [-0.25, -0.2) is 0 Å². The van der Waals surface area contributed by atoms with Gasteiger partial charge in [0.2, 0.25) is 0 Å². The van der Waals surface area contributed by atoms with Crippen LogP contribution in [0.5, 0.6) is 0 Å². The van der Waals surface area contributed by atoms with Crippen molar-refractivity contribution in [2.24, 2.45) is 5.92 Å².